The minimum absolute atomic E-state index is 0.0526. The number of carboxylic acids is 1. The van der Waals surface area contributed by atoms with E-state index in [0.717, 1.165) is 33.6 Å². The number of carbonyl (C=O) groups excluding carboxylic acids is 1. The van der Waals surface area contributed by atoms with Gasteiger partial charge >= 0.3 is 12.1 Å². The maximum absolute atomic E-state index is 14.7. The summed E-state index contributed by atoms with van der Waals surface area (Å²) in [7, 11) is 0. The van der Waals surface area contributed by atoms with E-state index >= 15 is 0 Å². The van der Waals surface area contributed by atoms with Crippen LogP contribution in [0.1, 0.15) is 32.9 Å². The molecule has 0 bridgehead atoms. The number of aryl methyl sites for hydroxylation is 1. The summed E-state index contributed by atoms with van der Waals surface area (Å²) >= 11 is 0. The predicted octanol–water partition coefficient (Wildman–Crippen LogP) is 5.49. The fourth-order valence-electron chi connectivity index (χ4n) is 3.60. The van der Waals surface area contributed by atoms with Crippen molar-refractivity contribution in [1.82, 2.24) is 20.6 Å². The summed E-state index contributed by atoms with van der Waals surface area (Å²) in [6.45, 7) is 3.69. The van der Waals surface area contributed by atoms with Gasteiger partial charge < -0.3 is 15.7 Å². The highest BCUT2D eigenvalue weighted by Crippen LogP contribution is 2.23. The SMILES string of the molecule is Cc1cnc(CNCc2ccc(-c3ccc(C(=O)NCCc4ccccc4)c(F)c3)cc2)cn1.O=C(O)C(F)(F)F. The number of rotatable bonds is 9. The van der Waals surface area contributed by atoms with E-state index in [9.17, 15) is 22.4 Å². The van der Waals surface area contributed by atoms with Crippen LogP contribution in [0.25, 0.3) is 11.1 Å². The maximum atomic E-state index is 14.7. The van der Waals surface area contributed by atoms with Gasteiger partial charge in [-0.05, 0) is 47.7 Å². The Hall–Kier alpha value is -4.64. The van der Waals surface area contributed by atoms with E-state index in [4.69, 9.17) is 9.90 Å². The molecule has 0 unspecified atom stereocenters. The van der Waals surface area contributed by atoms with E-state index in [1.54, 1.807) is 24.5 Å². The number of carbonyl (C=O) groups is 2. The Morgan fingerprint density at radius 2 is 1.51 bits per heavy atom. The molecule has 4 aromatic rings. The van der Waals surface area contributed by atoms with Gasteiger partial charge in [-0.1, -0.05) is 60.7 Å². The predicted molar refractivity (Wildman–Crippen MR) is 145 cm³/mol. The largest absolute Gasteiger partial charge is 0.490 e. The molecule has 0 saturated heterocycles. The van der Waals surface area contributed by atoms with E-state index in [-0.39, 0.29) is 5.56 Å². The molecule has 0 saturated carbocycles. The molecule has 1 heterocycles. The van der Waals surface area contributed by atoms with Crippen molar-refractivity contribution in [2.45, 2.75) is 32.6 Å². The molecule has 0 fully saturated rings. The molecule has 4 rings (SSSR count). The number of nitrogens with zero attached hydrogens (tertiary/aromatic N) is 2. The third kappa shape index (κ3) is 10.1. The van der Waals surface area contributed by atoms with Gasteiger partial charge in [0, 0.05) is 32.0 Å². The number of aliphatic carboxylic acids is 1. The van der Waals surface area contributed by atoms with Crippen molar-refractivity contribution in [3.05, 3.63) is 119 Å². The van der Waals surface area contributed by atoms with E-state index < -0.39 is 23.9 Å². The molecule has 3 aromatic carbocycles. The molecule has 0 atom stereocenters. The number of amides is 1. The average molecular weight is 569 g/mol. The van der Waals surface area contributed by atoms with E-state index in [1.165, 1.54) is 6.07 Å². The van der Waals surface area contributed by atoms with Gasteiger partial charge in [0.15, 0.2) is 0 Å². The Labute approximate surface area is 234 Å². The van der Waals surface area contributed by atoms with Crippen molar-refractivity contribution in [2.24, 2.45) is 0 Å². The molecule has 0 radical (unpaired) electrons. The lowest BCUT2D eigenvalue weighted by Gasteiger charge is -2.09. The van der Waals surface area contributed by atoms with Gasteiger partial charge in [0.2, 0.25) is 0 Å². The van der Waals surface area contributed by atoms with Crippen LogP contribution in [0.4, 0.5) is 17.6 Å². The normalized spacial score (nSPS) is 10.9. The lowest BCUT2D eigenvalue weighted by molar-refractivity contribution is -0.192. The van der Waals surface area contributed by atoms with Crippen LogP contribution >= 0.6 is 0 Å². The van der Waals surface area contributed by atoms with Crippen molar-refractivity contribution in [1.29, 1.82) is 0 Å². The molecule has 7 nitrogen and oxygen atoms in total. The number of aromatic nitrogens is 2. The minimum Gasteiger partial charge on any atom is -0.475 e. The van der Waals surface area contributed by atoms with Crippen LogP contribution in [-0.4, -0.2) is 39.7 Å². The van der Waals surface area contributed by atoms with Crippen molar-refractivity contribution < 1.29 is 32.3 Å². The van der Waals surface area contributed by atoms with Gasteiger partial charge in [-0.25, -0.2) is 9.18 Å². The van der Waals surface area contributed by atoms with Crippen LogP contribution in [0.5, 0.6) is 0 Å². The molecule has 0 aliphatic carbocycles. The molecule has 214 valence electrons. The zero-order chi connectivity index (χ0) is 29.8. The first kappa shape index (κ1) is 30.9. The molecule has 0 aliphatic rings. The zero-order valence-electron chi connectivity index (χ0n) is 22.1. The molecule has 3 N–H and O–H groups in total. The van der Waals surface area contributed by atoms with Gasteiger partial charge in [-0.15, -0.1) is 0 Å². The Morgan fingerprint density at radius 3 is 2.10 bits per heavy atom. The molecule has 41 heavy (non-hydrogen) atoms. The van der Waals surface area contributed by atoms with Crippen LogP contribution in [0.3, 0.4) is 0 Å². The number of halogens is 4. The molecule has 1 amide bonds. The van der Waals surface area contributed by atoms with Gasteiger partial charge in [0.1, 0.15) is 5.82 Å². The first-order valence-electron chi connectivity index (χ1n) is 12.5. The fourth-order valence-corrected chi connectivity index (χ4v) is 3.60. The first-order chi connectivity index (χ1) is 19.5. The van der Waals surface area contributed by atoms with Gasteiger partial charge in [-0.3, -0.25) is 14.8 Å². The maximum Gasteiger partial charge on any atom is 0.490 e. The summed E-state index contributed by atoms with van der Waals surface area (Å²) in [6, 6.07) is 22.5. The minimum atomic E-state index is -5.08. The average Bonchev–Trinajstić information content (AvgIpc) is 2.95. The summed E-state index contributed by atoms with van der Waals surface area (Å²) in [5, 5.41) is 13.3. The van der Waals surface area contributed by atoms with Crippen LogP contribution in [0, 0.1) is 12.7 Å². The van der Waals surface area contributed by atoms with Crippen molar-refractivity contribution in [3.63, 3.8) is 0 Å². The lowest BCUT2D eigenvalue weighted by atomic mass is 10.0. The van der Waals surface area contributed by atoms with Gasteiger partial charge in [-0.2, -0.15) is 13.2 Å². The highest BCUT2D eigenvalue weighted by Gasteiger charge is 2.38. The van der Waals surface area contributed by atoms with Crippen LogP contribution in [0.2, 0.25) is 0 Å². The summed E-state index contributed by atoms with van der Waals surface area (Å²) < 4.78 is 46.4. The van der Waals surface area contributed by atoms with Gasteiger partial charge in [0.05, 0.1) is 17.0 Å². The number of hydrogen-bond donors (Lipinski definition) is 3. The Bertz CT molecular complexity index is 1430. The monoisotopic (exact) mass is 568 g/mol. The second-order valence-electron chi connectivity index (χ2n) is 8.94. The smallest absolute Gasteiger partial charge is 0.475 e. The number of alkyl halides is 3. The zero-order valence-corrected chi connectivity index (χ0v) is 22.1. The van der Waals surface area contributed by atoms with Crippen molar-refractivity contribution in [3.8, 4) is 11.1 Å². The molecular formula is C30H28F4N4O3. The Kier molecular flexibility index (Phi) is 11.0. The highest BCUT2D eigenvalue weighted by atomic mass is 19.4. The number of hydrogen-bond acceptors (Lipinski definition) is 5. The standard InChI is InChI=1S/C28H27FN4O.C2HF3O2/c1-20-16-33-25(19-32-20)18-30-17-22-7-9-23(10-8-22)24-11-12-26(27(29)15-24)28(34)31-14-13-21-5-3-2-4-6-21;3-2(4,5)1(6)7/h2-12,15-16,19,30H,13-14,17-18H2,1H3,(H,31,34);(H,6,7). The van der Waals surface area contributed by atoms with Crippen molar-refractivity contribution in [2.75, 3.05) is 6.54 Å². The van der Waals surface area contributed by atoms with Crippen molar-refractivity contribution >= 4 is 11.9 Å². The van der Waals surface area contributed by atoms with E-state index in [2.05, 4.69) is 20.6 Å². The summed E-state index contributed by atoms with van der Waals surface area (Å²) in [6.07, 6.45) is -0.857. The van der Waals surface area contributed by atoms with E-state index in [1.807, 2.05) is 61.5 Å². The molecule has 0 spiro atoms. The fraction of sp³-hybridized carbons (Fsp3) is 0.200. The summed E-state index contributed by atoms with van der Waals surface area (Å²) in [5.74, 6) is -3.69. The number of benzene rings is 3. The quantitative estimate of drug-likeness (QED) is 0.231. The summed E-state index contributed by atoms with van der Waals surface area (Å²) in [4.78, 5) is 29.9. The van der Waals surface area contributed by atoms with Crippen LogP contribution in [0.15, 0.2) is 85.2 Å². The Morgan fingerprint density at radius 1 is 0.854 bits per heavy atom. The second-order valence-corrected chi connectivity index (χ2v) is 8.94. The topological polar surface area (TPSA) is 104 Å². The van der Waals surface area contributed by atoms with Gasteiger partial charge in [0.25, 0.3) is 5.91 Å². The summed E-state index contributed by atoms with van der Waals surface area (Å²) in [5.41, 5.74) is 5.70. The number of nitrogens with one attached hydrogen (secondary N) is 2. The second kappa shape index (κ2) is 14.7. The van der Waals surface area contributed by atoms with Crippen LogP contribution in [-0.2, 0) is 24.3 Å². The Balaban J connectivity index is 0.000000587. The number of carboxylic acid groups (broad SMARTS) is 1. The lowest BCUT2D eigenvalue weighted by Crippen LogP contribution is -2.26. The third-order valence-corrected chi connectivity index (χ3v) is 5.76. The highest BCUT2D eigenvalue weighted by molar-refractivity contribution is 5.95. The first-order valence-corrected chi connectivity index (χ1v) is 12.5. The molecule has 11 heteroatoms. The molecular weight excluding hydrogens is 540 g/mol. The third-order valence-electron chi connectivity index (χ3n) is 5.76. The molecule has 1 aromatic heterocycles. The van der Waals surface area contributed by atoms with Crippen LogP contribution < -0.4 is 10.6 Å². The van der Waals surface area contributed by atoms with E-state index in [0.29, 0.717) is 26.1 Å². The molecule has 0 aliphatic heterocycles.